The Hall–Kier alpha value is -3.87. The van der Waals surface area contributed by atoms with Crippen LogP contribution in [-0.2, 0) is 13.2 Å². The van der Waals surface area contributed by atoms with Gasteiger partial charge in [-0.25, -0.2) is 4.68 Å². The van der Waals surface area contributed by atoms with Gasteiger partial charge in [-0.3, -0.25) is 9.48 Å². The summed E-state index contributed by atoms with van der Waals surface area (Å²) in [4.78, 5) is 26.2. The van der Waals surface area contributed by atoms with Crippen molar-refractivity contribution in [2.45, 2.75) is 27.1 Å². The molecule has 164 valence electrons. The second-order valence-corrected chi connectivity index (χ2v) is 7.81. The highest BCUT2D eigenvalue weighted by Crippen LogP contribution is 2.21. The maximum Gasteiger partial charge on any atom is 0.491 e. The van der Waals surface area contributed by atoms with Gasteiger partial charge in [0.1, 0.15) is 0 Å². The Kier molecular flexibility index (Phi) is 5.81. The first-order valence-electron chi connectivity index (χ1n) is 9.47. The molecule has 0 saturated carbocycles. The Balaban J connectivity index is 1.42. The number of carbonyl (C=O) groups is 1. The van der Waals surface area contributed by atoms with Gasteiger partial charge in [0.2, 0.25) is 6.33 Å². The zero-order chi connectivity index (χ0) is 22.8. The van der Waals surface area contributed by atoms with Crippen molar-refractivity contribution in [2.75, 3.05) is 5.32 Å². The van der Waals surface area contributed by atoms with Crippen molar-refractivity contribution in [3.05, 3.63) is 80.1 Å². The molecule has 32 heavy (non-hydrogen) atoms. The van der Waals surface area contributed by atoms with Gasteiger partial charge >= 0.3 is 5.95 Å². The lowest BCUT2D eigenvalue weighted by atomic mass is 10.2. The fraction of sp³-hybridized carbons (Fsp3) is 0.211. The quantitative estimate of drug-likeness (QED) is 0.304. The van der Waals surface area contributed by atoms with E-state index in [0.29, 0.717) is 12.2 Å². The molecule has 0 saturated heterocycles. The number of hydrogen-bond donors (Lipinski definition) is 1. The number of nitro groups is 1. The fourth-order valence-electron chi connectivity index (χ4n) is 3.09. The average Bonchev–Trinajstić information content (AvgIpc) is 3.47. The van der Waals surface area contributed by atoms with Crippen LogP contribution < -0.4 is 5.32 Å². The van der Waals surface area contributed by atoms with E-state index in [1.54, 1.807) is 18.3 Å². The van der Waals surface area contributed by atoms with Gasteiger partial charge < -0.3 is 15.4 Å². The molecule has 0 aliphatic carbocycles. The molecule has 0 atom stereocenters. The van der Waals surface area contributed by atoms with Crippen LogP contribution in [0, 0.1) is 24.0 Å². The highest BCUT2D eigenvalue weighted by molar-refractivity contribution is 9.10. The van der Waals surface area contributed by atoms with Crippen LogP contribution in [0.2, 0.25) is 0 Å². The largest absolute Gasteiger partial charge is 0.491 e. The van der Waals surface area contributed by atoms with Crippen molar-refractivity contribution in [3.8, 4) is 0 Å². The first-order valence-corrected chi connectivity index (χ1v) is 10.3. The molecule has 4 rings (SSSR count). The molecular weight excluding hydrogens is 482 g/mol. The summed E-state index contributed by atoms with van der Waals surface area (Å²) in [6.45, 7) is 4.58. The predicted molar refractivity (Wildman–Crippen MR) is 117 cm³/mol. The minimum absolute atomic E-state index is 0.0851. The van der Waals surface area contributed by atoms with Crippen molar-refractivity contribution in [1.82, 2.24) is 34.3 Å². The van der Waals surface area contributed by atoms with Crippen LogP contribution in [-0.4, -0.2) is 45.2 Å². The van der Waals surface area contributed by atoms with Gasteiger partial charge in [0.05, 0.1) is 22.4 Å². The smallest absolute Gasteiger partial charge is 0.390 e. The van der Waals surface area contributed by atoms with Gasteiger partial charge in [0.25, 0.3) is 5.91 Å². The Morgan fingerprint density at radius 1 is 1.19 bits per heavy atom. The standard InChI is InChI=1S/C19H18BrN9O3/c1-12-17(20)13(2)28(23-12)9-14-4-3-5-15(8-14)22-18(30)16-6-7-26(24-16)11-27-10-21-19(25-27)29(31)32/h3-8,10H,9,11H2,1-2H3,(H,22,30). The van der Waals surface area contributed by atoms with E-state index in [2.05, 4.69) is 41.5 Å². The summed E-state index contributed by atoms with van der Waals surface area (Å²) in [6.07, 6.45) is 2.81. The summed E-state index contributed by atoms with van der Waals surface area (Å²) >= 11 is 3.53. The zero-order valence-electron chi connectivity index (χ0n) is 17.1. The van der Waals surface area contributed by atoms with Crippen LogP contribution in [0.1, 0.15) is 27.4 Å². The third-order valence-electron chi connectivity index (χ3n) is 4.66. The van der Waals surface area contributed by atoms with Crippen molar-refractivity contribution in [3.63, 3.8) is 0 Å². The summed E-state index contributed by atoms with van der Waals surface area (Å²) < 4.78 is 5.58. The van der Waals surface area contributed by atoms with Crippen LogP contribution >= 0.6 is 15.9 Å². The summed E-state index contributed by atoms with van der Waals surface area (Å²) in [6, 6.07) is 9.06. The number of amides is 1. The predicted octanol–water partition coefficient (Wildman–Crippen LogP) is 2.77. The first-order chi connectivity index (χ1) is 15.3. The number of hydrogen-bond acceptors (Lipinski definition) is 7. The minimum Gasteiger partial charge on any atom is -0.390 e. The minimum atomic E-state index is -0.680. The van der Waals surface area contributed by atoms with Crippen LogP contribution in [0.15, 0.2) is 47.3 Å². The van der Waals surface area contributed by atoms with Crippen LogP contribution in [0.25, 0.3) is 0 Å². The molecule has 3 aromatic heterocycles. The summed E-state index contributed by atoms with van der Waals surface area (Å²) in [5.41, 5.74) is 3.77. The molecule has 12 nitrogen and oxygen atoms in total. The molecule has 0 unspecified atom stereocenters. The van der Waals surface area contributed by atoms with Crippen molar-refractivity contribution >= 4 is 33.5 Å². The molecule has 0 bridgehead atoms. The van der Waals surface area contributed by atoms with Crippen molar-refractivity contribution in [2.24, 2.45) is 0 Å². The number of carbonyl (C=O) groups excluding carboxylic acids is 1. The van der Waals surface area contributed by atoms with E-state index in [1.165, 1.54) is 15.7 Å². The lowest BCUT2D eigenvalue weighted by Crippen LogP contribution is -2.15. The number of benzene rings is 1. The number of anilines is 1. The van der Waals surface area contributed by atoms with Gasteiger partial charge in [0.15, 0.2) is 12.4 Å². The topological polar surface area (TPSA) is 139 Å². The van der Waals surface area contributed by atoms with Crippen molar-refractivity contribution < 1.29 is 9.72 Å². The molecule has 0 radical (unpaired) electrons. The van der Waals surface area contributed by atoms with E-state index in [0.717, 1.165) is 21.4 Å². The SMILES string of the molecule is Cc1nn(Cc2cccc(NC(=O)c3ccn(Cn4cnc([N+](=O)[O-])n4)n3)c2)c(C)c1Br. The van der Waals surface area contributed by atoms with E-state index in [9.17, 15) is 14.9 Å². The second kappa shape index (κ2) is 8.70. The van der Waals surface area contributed by atoms with Crippen LogP contribution in [0.3, 0.4) is 0 Å². The summed E-state index contributed by atoms with van der Waals surface area (Å²) in [5.74, 6) is -0.873. The molecular formula is C19H18BrN9O3. The molecule has 0 aliphatic rings. The van der Waals surface area contributed by atoms with Gasteiger partial charge in [-0.05, 0) is 58.5 Å². The number of rotatable bonds is 7. The zero-order valence-corrected chi connectivity index (χ0v) is 18.7. The lowest BCUT2D eigenvalue weighted by Gasteiger charge is -2.08. The molecule has 3 heterocycles. The third-order valence-corrected chi connectivity index (χ3v) is 5.81. The Morgan fingerprint density at radius 3 is 2.69 bits per heavy atom. The molecule has 13 heteroatoms. The van der Waals surface area contributed by atoms with E-state index in [1.807, 2.05) is 36.7 Å². The van der Waals surface area contributed by atoms with E-state index >= 15 is 0 Å². The number of halogens is 1. The Bertz CT molecular complexity index is 1310. The van der Waals surface area contributed by atoms with Gasteiger partial charge in [-0.15, -0.1) is 0 Å². The maximum atomic E-state index is 12.6. The third kappa shape index (κ3) is 4.56. The normalized spacial score (nSPS) is 11.0. The van der Waals surface area contributed by atoms with E-state index in [-0.39, 0.29) is 18.3 Å². The molecule has 0 fully saturated rings. The summed E-state index contributed by atoms with van der Waals surface area (Å²) in [5, 5.41) is 25.9. The monoisotopic (exact) mass is 499 g/mol. The number of aromatic nitrogens is 7. The highest BCUT2D eigenvalue weighted by atomic mass is 79.9. The van der Waals surface area contributed by atoms with Gasteiger partial charge in [-0.1, -0.05) is 17.1 Å². The molecule has 1 amide bonds. The number of nitrogens with zero attached hydrogens (tertiary/aromatic N) is 8. The highest BCUT2D eigenvalue weighted by Gasteiger charge is 2.15. The maximum absolute atomic E-state index is 12.6. The first kappa shape index (κ1) is 21.4. The van der Waals surface area contributed by atoms with Gasteiger partial charge in [0, 0.05) is 17.0 Å². The molecule has 4 aromatic rings. The fourth-order valence-corrected chi connectivity index (χ4v) is 3.38. The Labute approximate surface area is 190 Å². The number of nitrogens with one attached hydrogen (secondary N) is 1. The molecule has 1 aromatic carbocycles. The molecule has 0 spiro atoms. The summed E-state index contributed by atoms with van der Waals surface area (Å²) in [7, 11) is 0. The van der Waals surface area contributed by atoms with E-state index < -0.39 is 10.9 Å². The number of aryl methyl sites for hydroxylation is 1. The van der Waals surface area contributed by atoms with Gasteiger partial charge in [-0.2, -0.15) is 14.9 Å². The van der Waals surface area contributed by atoms with Crippen molar-refractivity contribution in [1.29, 1.82) is 0 Å². The molecule has 1 N–H and O–H groups in total. The average molecular weight is 500 g/mol. The molecule has 0 aliphatic heterocycles. The van der Waals surface area contributed by atoms with Crippen LogP contribution in [0.5, 0.6) is 0 Å². The second-order valence-electron chi connectivity index (χ2n) is 7.02. The van der Waals surface area contributed by atoms with E-state index in [4.69, 9.17) is 0 Å². The van der Waals surface area contributed by atoms with Crippen LogP contribution in [0.4, 0.5) is 11.6 Å². The Morgan fingerprint density at radius 2 is 2.00 bits per heavy atom. The lowest BCUT2D eigenvalue weighted by molar-refractivity contribution is -0.394.